The summed E-state index contributed by atoms with van der Waals surface area (Å²) < 4.78 is 1.37. The molecule has 0 saturated heterocycles. The van der Waals surface area contributed by atoms with Crippen molar-refractivity contribution in [3.63, 3.8) is 0 Å². The van der Waals surface area contributed by atoms with Crippen LogP contribution in [0.5, 0.6) is 0 Å². The molecule has 0 unspecified atom stereocenters. The number of H-pyrrole nitrogens is 1. The Hall–Kier alpha value is -1.26. The van der Waals surface area contributed by atoms with Crippen LogP contribution in [0.25, 0.3) is 21.5 Å². The summed E-state index contributed by atoms with van der Waals surface area (Å²) in [5.41, 5.74) is 2.17. The number of hydrogen-bond acceptors (Lipinski definition) is 3. The predicted octanol–water partition coefficient (Wildman–Crippen LogP) is 4.79. The highest BCUT2D eigenvalue weighted by atomic mass is 32.2. The molecule has 1 aromatic carbocycles. The van der Waals surface area contributed by atoms with Gasteiger partial charge < -0.3 is 0 Å². The topological polar surface area (TPSA) is 28.7 Å². The molecule has 2 aromatic heterocycles. The molecule has 92 valence electrons. The van der Waals surface area contributed by atoms with Crippen molar-refractivity contribution in [2.24, 2.45) is 0 Å². The van der Waals surface area contributed by atoms with Gasteiger partial charge in [-0.05, 0) is 30.4 Å². The molecular weight excluding hydrogens is 260 g/mol. The van der Waals surface area contributed by atoms with Crippen molar-refractivity contribution >= 4 is 34.0 Å². The van der Waals surface area contributed by atoms with Crippen LogP contribution in [0.1, 0.15) is 13.3 Å². The van der Waals surface area contributed by atoms with Crippen LogP contribution in [0.4, 0.5) is 0 Å². The first-order chi connectivity index (χ1) is 8.88. The number of hydrogen-bond donors (Lipinski definition) is 1. The number of nitrogens with one attached hydrogen (secondary N) is 1. The molecule has 0 saturated carbocycles. The summed E-state index contributed by atoms with van der Waals surface area (Å²) in [4.78, 5) is 1.24. The van der Waals surface area contributed by atoms with Gasteiger partial charge in [-0.1, -0.05) is 25.1 Å². The third kappa shape index (κ3) is 2.18. The number of thiophene rings is 1. The summed E-state index contributed by atoms with van der Waals surface area (Å²) in [5, 5.41) is 8.72. The zero-order valence-corrected chi connectivity index (χ0v) is 11.8. The van der Waals surface area contributed by atoms with Gasteiger partial charge in [0.25, 0.3) is 0 Å². The summed E-state index contributed by atoms with van der Waals surface area (Å²) in [6.07, 6.45) is 1.21. The van der Waals surface area contributed by atoms with Crippen LogP contribution >= 0.6 is 23.1 Å². The highest BCUT2D eigenvalue weighted by Crippen LogP contribution is 2.36. The summed E-state index contributed by atoms with van der Waals surface area (Å²) >= 11 is 3.75. The van der Waals surface area contributed by atoms with E-state index in [0.717, 1.165) is 11.2 Å². The Kier molecular flexibility index (Phi) is 3.39. The number of aromatic amines is 1. The number of thioether (sulfide) groups is 1. The molecule has 0 amide bonds. The molecule has 0 aliphatic rings. The lowest BCUT2D eigenvalue weighted by Crippen LogP contribution is -1.71. The Labute approximate surface area is 114 Å². The second-order valence-electron chi connectivity index (χ2n) is 4.08. The molecule has 0 spiro atoms. The van der Waals surface area contributed by atoms with Gasteiger partial charge in [-0.2, -0.15) is 5.10 Å². The summed E-state index contributed by atoms with van der Waals surface area (Å²) in [6.45, 7) is 2.21. The monoisotopic (exact) mass is 274 g/mol. The van der Waals surface area contributed by atoms with E-state index in [0.29, 0.717) is 0 Å². The highest BCUT2D eigenvalue weighted by Gasteiger charge is 2.10. The van der Waals surface area contributed by atoms with Crippen molar-refractivity contribution < 1.29 is 0 Å². The molecule has 0 bridgehead atoms. The SMILES string of the molecule is CCCSc1ccc(-c2n[nH]c3ccccc23)s1. The van der Waals surface area contributed by atoms with Crippen molar-refractivity contribution in [1.29, 1.82) is 0 Å². The standard InChI is InChI=1S/C14H14N2S2/c1-2-9-17-13-8-7-12(18-13)14-10-5-3-4-6-11(10)15-16-14/h3-8H,2,9H2,1H3,(H,15,16). The summed E-state index contributed by atoms with van der Waals surface area (Å²) in [7, 11) is 0. The molecule has 0 aliphatic carbocycles. The number of fused-ring (bicyclic) bond motifs is 1. The molecule has 0 aliphatic heterocycles. The fourth-order valence-corrected chi connectivity index (χ4v) is 3.94. The van der Waals surface area contributed by atoms with E-state index >= 15 is 0 Å². The first kappa shape index (κ1) is 11.8. The first-order valence-electron chi connectivity index (χ1n) is 6.04. The maximum Gasteiger partial charge on any atom is 0.110 e. The maximum absolute atomic E-state index is 4.44. The minimum Gasteiger partial charge on any atom is -0.277 e. The smallest absolute Gasteiger partial charge is 0.110 e. The lowest BCUT2D eigenvalue weighted by Gasteiger charge is -1.93. The molecule has 3 aromatic rings. The summed E-state index contributed by atoms with van der Waals surface area (Å²) in [5.74, 6) is 1.18. The molecule has 0 radical (unpaired) electrons. The minimum absolute atomic E-state index is 1.07. The minimum atomic E-state index is 1.07. The molecule has 2 heterocycles. The largest absolute Gasteiger partial charge is 0.277 e. The fourth-order valence-electron chi connectivity index (χ4n) is 1.88. The Morgan fingerprint density at radius 3 is 3.00 bits per heavy atom. The third-order valence-electron chi connectivity index (χ3n) is 2.73. The predicted molar refractivity (Wildman–Crippen MR) is 80.4 cm³/mol. The molecular formula is C14H14N2S2. The maximum atomic E-state index is 4.44. The van der Waals surface area contributed by atoms with Gasteiger partial charge >= 0.3 is 0 Å². The molecule has 4 heteroatoms. The van der Waals surface area contributed by atoms with Crippen molar-refractivity contribution in [1.82, 2.24) is 10.2 Å². The number of para-hydroxylation sites is 1. The van der Waals surface area contributed by atoms with E-state index in [1.54, 1.807) is 0 Å². The average molecular weight is 274 g/mol. The number of nitrogens with zero attached hydrogens (tertiary/aromatic N) is 1. The van der Waals surface area contributed by atoms with Gasteiger partial charge in [-0.3, -0.25) is 5.10 Å². The van der Waals surface area contributed by atoms with E-state index in [4.69, 9.17) is 0 Å². The van der Waals surface area contributed by atoms with E-state index < -0.39 is 0 Å². The van der Waals surface area contributed by atoms with Crippen molar-refractivity contribution in [2.75, 3.05) is 5.75 Å². The lowest BCUT2D eigenvalue weighted by molar-refractivity contribution is 1.11. The Morgan fingerprint density at radius 1 is 1.22 bits per heavy atom. The van der Waals surface area contributed by atoms with E-state index in [1.165, 1.54) is 26.6 Å². The van der Waals surface area contributed by atoms with Gasteiger partial charge in [-0.25, -0.2) is 0 Å². The molecule has 3 rings (SSSR count). The highest BCUT2D eigenvalue weighted by molar-refractivity contribution is 8.01. The lowest BCUT2D eigenvalue weighted by atomic mass is 10.2. The molecule has 0 fully saturated rings. The van der Waals surface area contributed by atoms with Crippen LogP contribution in [0.3, 0.4) is 0 Å². The van der Waals surface area contributed by atoms with Gasteiger partial charge in [-0.15, -0.1) is 23.1 Å². The molecule has 2 nitrogen and oxygen atoms in total. The summed E-state index contributed by atoms with van der Waals surface area (Å²) in [6, 6.07) is 12.6. The Bertz CT molecular complexity index is 654. The molecule has 18 heavy (non-hydrogen) atoms. The van der Waals surface area contributed by atoms with Gasteiger partial charge in [0.1, 0.15) is 5.69 Å². The number of benzene rings is 1. The fraction of sp³-hybridized carbons (Fsp3) is 0.214. The van der Waals surface area contributed by atoms with E-state index in [1.807, 2.05) is 29.2 Å². The second-order valence-corrected chi connectivity index (χ2v) is 6.56. The van der Waals surface area contributed by atoms with Crippen molar-refractivity contribution in [2.45, 2.75) is 17.6 Å². The second kappa shape index (κ2) is 5.16. The zero-order valence-electron chi connectivity index (χ0n) is 10.1. The van der Waals surface area contributed by atoms with Gasteiger partial charge in [0.15, 0.2) is 0 Å². The quantitative estimate of drug-likeness (QED) is 0.693. The van der Waals surface area contributed by atoms with E-state index in [-0.39, 0.29) is 0 Å². The van der Waals surface area contributed by atoms with Gasteiger partial charge in [0.05, 0.1) is 14.6 Å². The Morgan fingerprint density at radius 2 is 2.11 bits per heavy atom. The normalized spacial score (nSPS) is 11.2. The zero-order chi connectivity index (χ0) is 12.4. The molecule has 0 atom stereocenters. The van der Waals surface area contributed by atoms with Crippen molar-refractivity contribution in [3.8, 4) is 10.6 Å². The average Bonchev–Trinajstić information content (AvgIpc) is 3.02. The number of rotatable bonds is 4. The van der Waals surface area contributed by atoms with Gasteiger partial charge in [0.2, 0.25) is 0 Å². The van der Waals surface area contributed by atoms with Crippen LogP contribution in [-0.4, -0.2) is 16.0 Å². The Balaban J connectivity index is 1.96. The third-order valence-corrected chi connectivity index (χ3v) is 5.26. The van der Waals surface area contributed by atoms with E-state index in [9.17, 15) is 0 Å². The first-order valence-corrected chi connectivity index (χ1v) is 7.85. The van der Waals surface area contributed by atoms with Crippen LogP contribution < -0.4 is 0 Å². The van der Waals surface area contributed by atoms with Crippen LogP contribution in [-0.2, 0) is 0 Å². The van der Waals surface area contributed by atoms with Crippen LogP contribution in [0.2, 0.25) is 0 Å². The van der Waals surface area contributed by atoms with Gasteiger partial charge in [0, 0.05) is 5.39 Å². The molecule has 1 N–H and O–H groups in total. The van der Waals surface area contributed by atoms with Crippen LogP contribution in [0, 0.1) is 0 Å². The van der Waals surface area contributed by atoms with Crippen LogP contribution in [0.15, 0.2) is 40.6 Å². The van der Waals surface area contributed by atoms with E-state index in [2.05, 4.69) is 47.5 Å². The number of aromatic nitrogens is 2. The van der Waals surface area contributed by atoms with Crippen molar-refractivity contribution in [3.05, 3.63) is 36.4 Å².